The molecule has 0 fully saturated rings. The molecular formula is C37H63ClN14O4. The number of nitrogens with one attached hydrogen (secondary N) is 3. The number of ether oxygens (including phenoxy) is 1. The Kier molecular flexibility index (Phi) is 27.2. The maximum atomic E-state index is 11.8. The number of aryl methyl sites for hydroxylation is 3. The van der Waals surface area contributed by atoms with Crippen LogP contribution in [0.2, 0.25) is 0 Å². The Balaban J connectivity index is 0.000000844. The van der Waals surface area contributed by atoms with E-state index in [1.165, 1.54) is 30.3 Å². The molecule has 3 aromatic rings. The molecule has 0 radical (unpaired) electrons. The van der Waals surface area contributed by atoms with E-state index in [2.05, 4.69) is 65.7 Å². The highest BCUT2D eigenvalue weighted by Crippen LogP contribution is 2.14. The lowest BCUT2D eigenvalue weighted by Crippen LogP contribution is -2.28. The van der Waals surface area contributed by atoms with E-state index < -0.39 is 11.7 Å². The van der Waals surface area contributed by atoms with Gasteiger partial charge < -0.3 is 31.8 Å². The third-order valence-electron chi connectivity index (χ3n) is 7.53. The van der Waals surface area contributed by atoms with Gasteiger partial charge in [0.15, 0.2) is 5.95 Å². The van der Waals surface area contributed by atoms with Crippen LogP contribution < -0.4 is 22.1 Å². The van der Waals surface area contributed by atoms with Crippen molar-refractivity contribution in [3.8, 4) is 12.3 Å². The Morgan fingerprint density at radius 3 is 2.16 bits per heavy atom. The van der Waals surface area contributed by atoms with Crippen molar-refractivity contribution in [3.63, 3.8) is 0 Å². The van der Waals surface area contributed by atoms with Gasteiger partial charge in [0.25, 0.3) is 0 Å². The summed E-state index contributed by atoms with van der Waals surface area (Å²) >= 11 is 0. The summed E-state index contributed by atoms with van der Waals surface area (Å²) < 4.78 is 8.02. The zero-order chi connectivity index (χ0) is 40.9. The van der Waals surface area contributed by atoms with Crippen LogP contribution in [0.5, 0.6) is 0 Å². The molecule has 19 heteroatoms. The predicted octanol–water partition coefficient (Wildman–Crippen LogP) is 6.07. The van der Waals surface area contributed by atoms with Crippen LogP contribution in [0.4, 0.5) is 16.7 Å². The number of carbonyl (C=O) groups excluding carboxylic acids is 3. The maximum Gasteiger partial charge on any atom is 0.421 e. The van der Waals surface area contributed by atoms with Crippen LogP contribution in [0.1, 0.15) is 122 Å². The lowest BCUT2D eigenvalue weighted by Gasteiger charge is -2.19. The molecule has 56 heavy (non-hydrogen) atoms. The van der Waals surface area contributed by atoms with E-state index in [9.17, 15) is 14.4 Å². The number of nitrogen functional groups attached to an aromatic ring is 2. The second-order valence-corrected chi connectivity index (χ2v) is 13.8. The van der Waals surface area contributed by atoms with Gasteiger partial charge in [0.1, 0.15) is 18.7 Å². The second kappa shape index (κ2) is 30.0. The molecule has 0 aliphatic carbocycles. The highest BCUT2D eigenvalue weighted by atomic mass is 35.5. The summed E-state index contributed by atoms with van der Waals surface area (Å²) in [4.78, 5) is 48.1. The van der Waals surface area contributed by atoms with Crippen LogP contribution in [0.3, 0.4) is 0 Å². The van der Waals surface area contributed by atoms with Gasteiger partial charge in [-0.25, -0.2) is 24.0 Å². The second-order valence-electron chi connectivity index (χ2n) is 13.8. The van der Waals surface area contributed by atoms with Gasteiger partial charge in [-0.2, -0.15) is 0 Å². The molecule has 312 valence electrons. The molecule has 3 heterocycles. The number of terminal acetylenes is 1. The molecule has 2 amide bonds. The molecule has 0 unspecified atom stereocenters. The Labute approximate surface area is 337 Å². The zero-order valence-electron chi connectivity index (χ0n) is 33.8. The van der Waals surface area contributed by atoms with Crippen LogP contribution in [-0.2, 0) is 40.1 Å². The normalized spacial score (nSPS) is 10.3. The average molecular weight is 803 g/mol. The number of hydrogen-bond donors (Lipinski definition) is 5. The van der Waals surface area contributed by atoms with Crippen LogP contribution in [0.15, 0.2) is 23.7 Å². The lowest BCUT2D eigenvalue weighted by molar-refractivity contribution is -0.122. The topological polar surface area (TPSA) is 263 Å². The number of imidazole rings is 2. The number of amides is 2. The van der Waals surface area contributed by atoms with Crippen LogP contribution in [0, 0.1) is 12.3 Å². The van der Waals surface area contributed by atoms with Crippen molar-refractivity contribution in [2.24, 2.45) is 5.11 Å². The van der Waals surface area contributed by atoms with Gasteiger partial charge in [0.2, 0.25) is 17.8 Å². The van der Waals surface area contributed by atoms with E-state index in [0.29, 0.717) is 25.3 Å². The monoisotopic (exact) mass is 802 g/mol. The molecule has 7 N–H and O–H groups in total. The highest BCUT2D eigenvalue weighted by Gasteiger charge is 2.20. The van der Waals surface area contributed by atoms with Gasteiger partial charge in [-0.05, 0) is 71.2 Å². The minimum Gasteiger partial charge on any atom is -0.443 e. The molecule has 18 nitrogen and oxygen atoms in total. The minimum atomic E-state index is -0.558. The molecule has 0 saturated heterocycles. The zero-order valence-corrected chi connectivity index (χ0v) is 34.6. The average Bonchev–Trinajstić information content (AvgIpc) is 3.86. The lowest BCUT2D eigenvalue weighted by atomic mass is 10.2. The third kappa shape index (κ3) is 24.9. The number of nitrogens with zero attached hydrogens (tertiary/aromatic N) is 9. The summed E-state index contributed by atoms with van der Waals surface area (Å²) in [5.41, 5.74) is 21.2. The maximum absolute atomic E-state index is 11.8. The number of H-pyrrole nitrogens is 1. The van der Waals surface area contributed by atoms with E-state index in [-0.39, 0.29) is 43.3 Å². The van der Waals surface area contributed by atoms with Crippen molar-refractivity contribution in [1.29, 1.82) is 0 Å². The fourth-order valence-corrected chi connectivity index (χ4v) is 4.80. The summed E-state index contributed by atoms with van der Waals surface area (Å²) in [6, 6.07) is 0. The van der Waals surface area contributed by atoms with Crippen molar-refractivity contribution in [2.75, 3.05) is 31.1 Å². The van der Waals surface area contributed by atoms with Crippen LogP contribution in [-0.4, -0.2) is 77.7 Å². The van der Waals surface area contributed by atoms with Crippen molar-refractivity contribution in [3.05, 3.63) is 46.1 Å². The molecule has 3 aromatic heterocycles. The van der Waals surface area contributed by atoms with Crippen molar-refractivity contribution in [1.82, 2.24) is 45.1 Å². The van der Waals surface area contributed by atoms with E-state index in [1.54, 1.807) is 37.8 Å². The quantitative estimate of drug-likeness (QED) is 0.0273. The van der Waals surface area contributed by atoms with Crippen LogP contribution >= 0.6 is 12.4 Å². The molecule has 0 spiro atoms. The van der Waals surface area contributed by atoms with E-state index in [0.717, 1.165) is 75.0 Å². The first-order valence-electron chi connectivity index (χ1n) is 19.0. The fourth-order valence-electron chi connectivity index (χ4n) is 4.80. The minimum absolute atomic E-state index is 0. The SMILES string of the molecule is C#CCCCc1cn(C(=O)OC(C)(C)C)c(N)n1.CCCCCCNC(=O)CN=[N+]=[N-].CCCCCCNC(=O)Cn1cc(CCCc2cnc(N)[nH]2)nn1.Cl. The molecule has 0 bridgehead atoms. The van der Waals surface area contributed by atoms with Gasteiger partial charge in [-0.3, -0.25) is 9.59 Å². The number of hydrogen-bond acceptors (Lipinski definition) is 11. The number of halogens is 1. The van der Waals surface area contributed by atoms with Crippen molar-refractivity contribution >= 4 is 42.2 Å². The van der Waals surface area contributed by atoms with Crippen molar-refractivity contribution < 1.29 is 19.1 Å². The first kappa shape index (κ1) is 50.7. The predicted molar refractivity (Wildman–Crippen MR) is 221 cm³/mol. The van der Waals surface area contributed by atoms with Gasteiger partial charge in [0, 0.05) is 42.5 Å². The number of nitrogens with two attached hydrogens (primary N) is 2. The number of azide groups is 1. The summed E-state index contributed by atoms with van der Waals surface area (Å²) in [7, 11) is 0. The van der Waals surface area contributed by atoms with Gasteiger partial charge >= 0.3 is 6.09 Å². The summed E-state index contributed by atoms with van der Waals surface area (Å²) in [5, 5.41) is 16.9. The smallest absolute Gasteiger partial charge is 0.421 e. The molecule has 0 atom stereocenters. The molecule has 3 rings (SSSR count). The summed E-state index contributed by atoms with van der Waals surface area (Å²) in [6.07, 6.45) is 23.7. The highest BCUT2D eigenvalue weighted by molar-refractivity contribution is 5.85. The largest absolute Gasteiger partial charge is 0.443 e. The van der Waals surface area contributed by atoms with Crippen molar-refractivity contribution in [2.45, 2.75) is 137 Å². The first-order chi connectivity index (χ1) is 26.3. The van der Waals surface area contributed by atoms with Crippen LogP contribution in [0.25, 0.3) is 10.4 Å². The third-order valence-corrected chi connectivity index (χ3v) is 7.53. The van der Waals surface area contributed by atoms with Gasteiger partial charge in [-0.15, -0.1) is 29.8 Å². The Morgan fingerprint density at radius 1 is 0.946 bits per heavy atom. The summed E-state index contributed by atoms with van der Waals surface area (Å²) in [5.74, 6) is 2.92. The molecule has 0 saturated carbocycles. The number of anilines is 2. The number of aromatic amines is 1. The molecule has 0 aliphatic heterocycles. The van der Waals surface area contributed by atoms with E-state index >= 15 is 0 Å². The standard InChI is InChI=1S/C16H27N7O.C13H19N3O2.C8H16N4O.ClH/c1-2-3-4-5-9-18-15(24)12-23-11-14(21-22-23)8-6-7-13-10-19-16(17)20-13;1-5-6-7-8-10-9-16(11(14)15-10)12(17)18-13(2,3)4;1-2-3-4-5-6-10-8(13)7-11-12-9;/h10-11H,2-9,12H2,1H3,(H,18,24)(H3,17,19,20);1,9H,6-8H2,2-4H3,(H2,14,15);2-7H2,1H3,(H,10,13);1H. The molecule has 0 aliphatic rings. The Hall–Kier alpha value is -5.27. The fraction of sp³-hybridized carbons (Fsp3) is 0.649. The van der Waals surface area contributed by atoms with Gasteiger partial charge in [-0.1, -0.05) is 62.7 Å². The molecular weight excluding hydrogens is 740 g/mol. The Morgan fingerprint density at radius 2 is 1.59 bits per heavy atom. The number of aromatic nitrogens is 7. The van der Waals surface area contributed by atoms with E-state index in [4.69, 9.17) is 28.2 Å². The summed E-state index contributed by atoms with van der Waals surface area (Å²) in [6.45, 7) is 11.2. The molecule has 0 aromatic carbocycles. The number of rotatable bonds is 21. The number of carbonyl (C=O) groups is 3. The Bertz CT molecular complexity index is 1630. The number of unbranched alkanes of at least 4 members (excludes halogenated alkanes) is 7. The van der Waals surface area contributed by atoms with Gasteiger partial charge in [0.05, 0.1) is 17.6 Å². The first-order valence-corrected chi connectivity index (χ1v) is 19.0. The van der Waals surface area contributed by atoms with E-state index in [1.807, 2.05) is 6.20 Å².